The highest BCUT2D eigenvalue weighted by atomic mass is 79.9. The first-order valence-electron chi connectivity index (χ1n) is 4.78. The number of hydrogen-bond donors (Lipinski definition) is 1. The van der Waals surface area contributed by atoms with Crippen LogP contribution in [0.4, 0.5) is 0 Å². The van der Waals surface area contributed by atoms with Crippen molar-refractivity contribution in [2.24, 2.45) is 5.73 Å². The summed E-state index contributed by atoms with van der Waals surface area (Å²) in [6, 6.07) is 5.79. The second-order valence-electron chi connectivity index (χ2n) is 3.65. The molecule has 0 amide bonds. The van der Waals surface area contributed by atoms with E-state index in [1.165, 1.54) is 0 Å². The molecule has 2 nitrogen and oxygen atoms in total. The van der Waals surface area contributed by atoms with Crippen LogP contribution in [0, 0.1) is 0 Å². The third kappa shape index (κ3) is 3.36. The SMILES string of the molecule is C=C(C)C[C@H](N)c1cc(Br)ccc1OC. The number of nitrogens with two attached hydrogens (primary N) is 1. The molecule has 0 radical (unpaired) electrons. The first-order valence-corrected chi connectivity index (χ1v) is 5.57. The summed E-state index contributed by atoms with van der Waals surface area (Å²) in [5, 5.41) is 0. The van der Waals surface area contributed by atoms with Gasteiger partial charge in [0.2, 0.25) is 0 Å². The van der Waals surface area contributed by atoms with Gasteiger partial charge in [0, 0.05) is 16.1 Å². The third-order valence-electron chi connectivity index (χ3n) is 2.16. The molecule has 0 spiro atoms. The van der Waals surface area contributed by atoms with Gasteiger partial charge in [-0.15, -0.1) is 6.58 Å². The first kappa shape index (κ1) is 12.3. The van der Waals surface area contributed by atoms with Gasteiger partial charge in [-0.05, 0) is 31.5 Å². The van der Waals surface area contributed by atoms with Gasteiger partial charge >= 0.3 is 0 Å². The number of methoxy groups -OCH3 is 1. The maximum Gasteiger partial charge on any atom is 0.123 e. The predicted octanol–water partition coefficient (Wildman–Crippen LogP) is 3.42. The van der Waals surface area contributed by atoms with E-state index < -0.39 is 0 Å². The first-order chi connectivity index (χ1) is 7.04. The van der Waals surface area contributed by atoms with Crippen molar-refractivity contribution in [3.63, 3.8) is 0 Å². The Bertz CT molecular complexity index is 363. The summed E-state index contributed by atoms with van der Waals surface area (Å²) in [5.41, 5.74) is 8.16. The molecule has 2 N–H and O–H groups in total. The minimum atomic E-state index is -0.0602. The summed E-state index contributed by atoms with van der Waals surface area (Å²) in [7, 11) is 1.65. The van der Waals surface area contributed by atoms with Gasteiger partial charge in [0.1, 0.15) is 5.75 Å². The van der Waals surface area contributed by atoms with Gasteiger partial charge in [-0.3, -0.25) is 0 Å². The van der Waals surface area contributed by atoms with E-state index in [9.17, 15) is 0 Å². The highest BCUT2D eigenvalue weighted by Crippen LogP contribution is 2.29. The molecule has 1 rings (SSSR count). The molecule has 0 unspecified atom stereocenters. The number of benzene rings is 1. The zero-order valence-corrected chi connectivity index (χ0v) is 10.7. The average Bonchev–Trinajstić information content (AvgIpc) is 2.16. The van der Waals surface area contributed by atoms with Gasteiger partial charge in [0.05, 0.1) is 7.11 Å². The van der Waals surface area contributed by atoms with Crippen LogP contribution in [0.5, 0.6) is 5.75 Å². The molecule has 0 saturated carbocycles. The fraction of sp³-hybridized carbons (Fsp3) is 0.333. The molecule has 1 aromatic rings. The van der Waals surface area contributed by atoms with Crippen LogP contribution in [0.15, 0.2) is 34.8 Å². The minimum Gasteiger partial charge on any atom is -0.496 e. The van der Waals surface area contributed by atoms with Crippen molar-refractivity contribution in [3.05, 3.63) is 40.4 Å². The lowest BCUT2D eigenvalue weighted by atomic mass is 10.0. The summed E-state index contributed by atoms with van der Waals surface area (Å²) < 4.78 is 6.28. The Labute approximate surface area is 99.3 Å². The van der Waals surface area contributed by atoms with Crippen LogP contribution < -0.4 is 10.5 Å². The highest BCUT2D eigenvalue weighted by molar-refractivity contribution is 9.10. The maximum absolute atomic E-state index is 6.08. The Hall–Kier alpha value is -0.800. The Morgan fingerprint density at radius 2 is 2.27 bits per heavy atom. The van der Waals surface area contributed by atoms with Crippen LogP contribution in [-0.2, 0) is 0 Å². The fourth-order valence-corrected chi connectivity index (χ4v) is 1.86. The van der Waals surface area contributed by atoms with Gasteiger partial charge in [0.15, 0.2) is 0 Å². The number of halogens is 1. The molecule has 0 heterocycles. The largest absolute Gasteiger partial charge is 0.496 e. The van der Waals surface area contributed by atoms with Crippen molar-refractivity contribution in [3.8, 4) is 5.75 Å². The smallest absolute Gasteiger partial charge is 0.123 e. The van der Waals surface area contributed by atoms with Gasteiger partial charge in [-0.25, -0.2) is 0 Å². The lowest BCUT2D eigenvalue weighted by Gasteiger charge is -2.16. The standard InChI is InChI=1S/C12H16BrNO/c1-8(2)6-11(14)10-7-9(13)4-5-12(10)15-3/h4-5,7,11H,1,6,14H2,2-3H3/t11-/m0/s1. The quantitative estimate of drug-likeness (QED) is 0.851. The second kappa shape index (κ2) is 5.33. The Morgan fingerprint density at radius 3 is 2.80 bits per heavy atom. The normalized spacial score (nSPS) is 12.3. The van der Waals surface area contributed by atoms with E-state index in [2.05, 4.69) is 22.5 Å². The van der Waals surface area contributed by atoms with Crippen molar-refractivity contribution in [1.82, 2.24) is 0 Å². The van der Waals surface area contributed by atoms with Gasteiger partial charge in [-0.2, -0.15) is 0 Å². The molecular formula is C12H16BrNO. The summed E-state index contributed by atoms with van der Waals surface area (Å²) >= 11 is 3.43. The van der Waals surface area contributed by atoms with Crippen LogP contribution >= 0.6 is 15.9 Å². The minimum absolute atomic E-state index is 0.0602. The van der Waals surface area contributed by atoms with E-state index in [-0.39, 0.29) is 6.04 Å². The molecule has 0 fully saturated rings. The van der Waals surface area contributed by atoms with E-state index in [1.54, 1.807) is 7.11 Å². The van der Waals surface area contributed by atoms with E-state index in [1.807, 2.05) is 25.1 Å². The Kier molecular flexibility index (Phi) is 4.36. The van der Waals surface area contributed by atoms with Crippen molar-refractivity contribution < 1.29 is 4.74 Å². The van der Waals surface area contributed by atoms with Crippen LogP contribution in [0.3, 0.4) is 0 Å². The maximum atomic E-state index is 6.08. The molecule has 0 saturated heterocycles. The van der Waals surface area contributed by atoms with Crippen molar-refractivity contribution in [2.75, 3.05) is 7.11 Å². The zero-order valence-electron chi connectivity index (χ0n) is 9.09. The Morgan fingerprint density at radius 1 is 1.60 bits per heavy atom. The molecule has 1 aromatic carbocycles. The van der Waals surface area contributed by atoms with E-state index >= 15 is 0 Å². The van der Waals surface area contributed by atoms with Crippen molar-refractivity contribution >= 4 is 15.9 Å². The summed E-state index contributed by atoms with van der Waals surface area (Å²) in [4.78, 5) is 0. The number of ether oxygens (including phenoxy) is 1. The molecule has 3 heteroatoms. The lowest BCUT2D eigenvalue weighted by Crippen LogP contribution is -2.11. The lowest BCUT2D eigenvalue weighted by molar-refractivity contribution is 0.405. The van der Waals surface area contributed by atoms with Gasteiger partial charge in [-0.1, -0.05) is 21.5 Å². The van der Waals surface area contributed by atoms with E-state index in [0.29, 0.717) is 0 Å². The monoisotopic (exact) mass is 269 g/mol. The fourth-order valence-electron chi connectivity index (χ4n) is 1.48. The number of hydrogen-bond acceptors (Lipinski definition) is 2. The van der Waals surface area contributed by atoms with Crippen molar-refractivity contribution in [2.45, 2.75) is 19.4 Å². The predicted molar refractivity (Wildman–Crippen MR) is 67.1 cm³/mol. The second-order valence-corrected chi connectivity index (χ2v) is 4.57. The van der Waals surface area contributed by atoms with Gasteiger partial charge in [0.25, 0.3) is 0 Å². The molecular weight excluding hydrogens is 254 g/mol. The van der Waals surface area contributed by atoms with E-state index in [4.69, 9.17) is 10.5 Å². The number of rotatable bonds is 4. The molecule has 0 aliphatic carbocycles. The van der Waals surface area contributed by atoms with Gasteiger partial charge < -0.3 is 10.5 Å². The van der Waals surface area contributed by atoms with Crippen LogP contribution in [0.1, 0.15) is 24.9 Å². The summed E-state index contributed by atoms with van der Waals surface area (Å²) in [6.07, 6.45) is 0.771. The molecule has 82 valence electrons. The topological polar surface area (TPSA) is 35.2 Å². The molecule has 0 aliphatic rings. The summed E-state index contributed by atoms with van der Waals surface area (Å²) in [6.45, 7) is 5.84. The Balaban J connectivity index is 2.99. The van der Waals surface area contributed by atoms with Crippen molar-refractivity contribution in [1.29, 1.82) is 0 Å². The van der Waals surface area contributed by atoms with Crippen LogP contribution in [0.2, 0.25) is 0 Å². The van der Waals surface area contributed by atoms with E-state index in [0.717, 1.165) is 27.8 Å². The molecule has 0 aliphatic heterocycles. The molecule has 0 bridgehead atoms. The molecule has 1 atom stereocenters. The van der Waals surface area contributed by atoms with Crippen LogP contribution in [0.25, 0.3) is 0 Å². The van der Waals surface area contributed by atoms with Crippen LogP contribution in [-0.4, -0.2) is 7.11 Å². The molecule has 0 aromatic heterocycles. The zero-order chi connectivity index (χ0) is 11.4. The third-order valence-corrected chi connectivity index (χ3v) is 2.65. The summed E-state index contributed by atoms with van der Waals surface area (Å²) in [5.74, 6) is 0.826. The highest BCUT2D eigenvalue weighted by Gasteiger charge is 2.12. The average molecular weight is 270 g/mol. The molecule has 15 heavy (non-hydrogen) atoms.